The highest BCUT2D eigenvalue weighted by Gasteiger charge is 2.34. The molecule has 0 spiro atoms. The fourth-order valence-electron chi connectivity index (χ4n) is 1.75. The van der Waals surface area contributed by atoms with Crippen LogP contribution in [0, 0.1) is 5.92 Å². The number of amides is 1. The van der Waals surface area contributed by atoms with Crippen LogP contribution in [0.25, 0.3) is 0 Å². The molecule has 0 radical (unpaired) electrons. The summed E-state index contributed by atoms with van der Waals surface area (Å²) < 4.78 is 22.3. The van der Waals surface area contributed by atoms with Gasteiger partial charge in [0.15, 0.2) is 9.84 Å². The molecule has 1 heterocycles. The standard InChI is InChI=1S/C9H17NO3S/c1-3-5-10(2)9(11)8-4-6-14(12,13)7-8/h8H,3-7H2,1-2H3. The maximum absolute atomic E-state index is 11.7. The second-order valence-corrected chi connectivity index (χ2v) is 6.09. The predicted octanol–water partition coefficient (Wildman–Crippen LogP) is 0.290. The third-order valence-electron chi connectivity index (χ3n) is 2.52. The Kier molecular flexibility index (Phi) is 3.53. The van der Waals surface area contributed by atoms with E-state index in [4.69, 9.17) is 0 Å². The highest BCUT2D eigenvalue weighted by atomic mass is 32.2. The molecule has 1 unspecified atom stereocenters. The van der Waals surface area contributed by atoms with Gasteiger partial charge in [0.25, 0.3) is 0 Å². The van der Waals surface area contributed by atoms with Crippen molar-refractivity contribution in [2.75, 3.05) is 25.1 Å². The van der Waals surface area contributed by atoms with Crippen LogP contribution in [0.1, 0.15) is 19.8 Å². The van der Waals surface area contributed by atoms with Crippen molar-refractivity contribution in [2.45, 2.75) is 19.8 Å². The maximum Gasteiger partial charge on any atom is 0.226 e. The Morgan fingerprint density at radius 1 is 1.50 bits per heavy atom. The van der Waals surface area contributed by atoms with Crippen molar-refractivity contribution in [3.05, 3.63) is 0 Å². The second-order valence-electron chi connectivity index (χ2n) is 3.86. The van der Waals surface area contributed by atoms with E-state index in [9.17, 15) is 13.2 Å². The number of sulfone groups is 1. The molecular formula is C9H17NO3S. The van der Waals surface area contributed by atoms with E-state index in [1.165, 1.54) is 0 Å². The van der Waals surface area contributed by atoms with Crippen LogP contribution < -0.4 is 0 Å². The van der Waals surface area contributed by atoms with Crippen LogP contribution in [0.4, 0.5) is 0 Å². The number of rotatable bonds is 3. The van der Waals surface area contributed by atoms with Crippen LogP contribution in [-0.2, 0) is 14.6 Å². The molecule has 14 heavy (non-hydrogen) atoms. The van der Waals surface area contributed by atoms with Crippen LogP contribution in [0.2, 0.25) is 0 Å². The third-order valence-corrected chi connectivity index (χ3v) is 4.28. The Hall–Kier alpha value is -0.580. The lowest BCUT2D eigenvalue weighted by atomic mass is 10.1. The molecule has 0 saturated carbocycles. The molecule has 1 saturated heterocycles. The smallest absolute Gasteiger partial charge is 0.226 e. The zero-order valence-corrected chi connectivity index (χ0v) is 9.51. The zero-order valence-electron chi connectivity index (χ0n) is 8.69. The summed E-state index contributed by atoms with van der Waals surface area (Å²) in [6.45, 7) is 2.70. The first-order valence-electron chi connectivity index (χ1n) is 4.91. The summed E-state index contributed by atoms with van der Waals surface area (Å²) in [5.74, 6) is -0.104. The summed E-state index contributed by atoms with van der Waals surface area (Å²) in [6, 6.07) is 0. The van der Waals surface area contributed by atoms with Gasteiger partial charge in [0.1, 0.15) is 0 Å². The van der Waals surface area contributed by atoms with Gasteiger partial charge < -0.3 is 4.90 Å². The molecule has 1 aliphatic rings. The summed E-state index contributed by atoms with van der Waals surface area (Å²) >= 11 is 0. The lowest BCUT2D eigenvalue weighted by Crippen LogP contribution is -2.34. The minimum absolute atomic E-state index is 0.0204. The van der Waals surface area contributed by atoms with E-state index in [2.05, 4.69) is 0 Å². The molecule has 1 amide bonds. The van der Waals surface area contributed by atoms with Gasteiger partial charge in [-0.05, 0) is 12.8 Å². The number of hydrogen-bond acceptors (Lipinski definition) is 3. The topological polar surface area (TPSA) is 54.5 Å². The molecular weight excluding hydrogens is 202 g/mol. The van der Waals surface area contributed by atoms with E-state index in [0.29, 0.717) is 13.0 Å². The van der Waals surface area contributed by atoms with E-state index in [0.717, 1.165) is 6.42 Å². The third kappa shape index (κ3) is 2.70. The van der Waals surface area contributed by atoms with Gasteiger partial charge in [-0.3, -0.25) is 4.79 Å². The molecule has 4 nitrogen and oxygen atoms in total. The first-order chi connectivity index (χ1) is 6.46. The molecule has 1 fully saturated rings. The van der Waals surface area contributed by atoms with Gasteiger partial charge >= 0.3 is 0 Å². The van der Waals surface area contributed by atoms with Crippen molar-refractivity contribution >= 4 is 15.7 Å². The normalized spacial score (nSPS) is 24.9. The number of hydrogen-bond donors (Lipinski definition) is 0. The zero-order chi connectivity index (χ0) is 10.8. The summed E-state index contributed by atoms with van der Waals surface area (Å²) in [5, 5.41) is 0. The second kappa shape index (κ2) is 4.29. The molecule has 0 bridgehead atoms. The van der Waals surface area contributed by atoms with E-state index in [1.54, 1.807) is 11.9 Å². The van der Waals surface area contributed by atoms with Crippen molar-refractivity contribution in [1.82, 2.24) is 4.90 Å². The van der Waals surface area contributed by atoms with Crippen LogP contribution in [0.3, 0.4) is 0 Å². The largest absolute Gasteiger partial charge is 0.346 e. The van der Waals surface area contributed by atoms with Gasteiger partial charge in [-0.2, -0.15) is 0 Å². The van der Waals surface area contributed by atoms with Crippen molar-refractivity contribution < 1.29 is 13.2 Å². The molecule has 1 atom stereocenters. The van der Waals surface area contributed by atoms with E-state index in [-0.39, 0.29) is 23.3 Å². The highest BCUT2D eigenvalue weighted by Crippen LogP contribution is 2.20. The quantitative estimate of drug-likeness (QED) is 0.685. The molecule has 0 aromatic heterocycles. The maximum atomic E-state index is 11.7. The minimum atomic E-state index is -2.94. The fraction of sp³-hybridized carbons (Fsp3) is 0.889. The van der Waals surface area contributed by atoms with Crippen LogP contribution in [0.15, 0.2) is 0 Å². The van der Waals surface area contributed by atoms with Crippen LogP contribution in [0.5, 0.6) is 0 Å². The molecule has 0 aliphatic carbocycles. The SMILES string of the molecule is CCCN(C)C(=O)C1CCS(=O)(=O)C1. The van der Waals surface area contributed by atoms with E-state index in [1.807, 2.05) is 6.92 Å². The van der Waals surface area contributed by atoms with E-state index < -0.39 is 9.84 Å². The lowest BCUT2D eigenvalue weighted by Gasteiger charge is -2.19. The number of carbonyl (C=O) groups excluding carboxylic acids is 1. The molecule has 0 aromatic rings. The first-order valence-corrected chi connectivity index (χ1v) is 6.74. The van der Waals surface area contributed by atoms with E-state index >= 15 is 0 Å². The summed E-state index contributed by atoms with van der Waals surface area (Å²) in [7, 11) is -1.20. The van der Waals surface area contributed by atoms with Crippen molar-refractivity contribution in [2.24, 2.45) is 5.92 Å². The Morgan fingerprint density at radius 2 is 2.14 bits per heavy atom. The van der Waals surface area contributed by atoms with Gasteiger partial charge in [0.2, 0.25) is 5.91 Å². The summed E-state index contributed by atoms with van der Waals surface area (Å²) in [4.78, 5) is 13.3. The van der Waals surface area contributed by atoms with Crippen molar-refractivity contribution in [1.29, 1.82) is 0 Å². The van der Waals surface area contributed by atoms with Crippen molar-refractivity contribution in [3.63, 3.8) is 0 Å². The fourth-order valence-corrected chi connectivity index (χ4v) is 3.48. The number of carbonyl (C=O) groups is 1. The van der Waals surface area contributed by atoms with Gasteiger partial charge in [0, 0.05) is 13.6 Å². The average Bonchev–Trinajstić information content (AvgIpc) is 2.45. The molecule has 5 heteroatoms. The average molecular weight is 219 g/mol. The predicted molar refractivity (Wildman–Crippen MR) is 54.7 cm³/mol. The molecule has 0 aromatic carbocycles. The Morgan fingerprint density at radius 3 is 2.57 bits per heavy atom. The molecule has 82 valence electrons. The molecule has 1 rings (SSSR count). The Balaban J connectivity index is 2.55. The Bertz CT molecular complexity index is 310. The van der Waals surface area contributed by atoms with Crippen LogP contribution in [-0.4, -0.2) is 44.3 Å². The summed E-state index contributed by atoms with van der Waals surface area (Å²) in [6.07, 6.45) is 1.40. The molecule has 1 aliphatic heterocycles. The van der Waals surface area contributed by atoms with Gasteiger partial charge in [-0.25, -0.2) is 8.42 Å². The number of nitrogens with zero attached hydrogens (tertiary/aromatic N) is 1. The monoisotopic (exact) mass is 219 g/mol. The molecule has 0 N–H and O–H groups in total. The van der Waals surface area contributed by atoms with Crippen molar-refractivity contribution in [3.8, 4) is 0 Å². The van der Waals surface area contributed by atoms with Gasteiger partial charge in [-0.1, -0.05) is 6.92 Å². The lowest BCUT2D eigenvalue weighted by molar-refractivity contribution is -0.133. The van der Waals surface area contributed by atoms with Gasteiger partial charge in [-0.15, -0.1) is 0 Å². The summed E-state index contributed by atoms with van der Waals surface area (Å²) in [5.41, 5.74) is 0. The minimum Gasteiger partial charge on any atom is -0.346 e. The highest BCUT2D eigenvalue weighted by molar-refractivity contribution is 7.91. The van der Waals surface area contributed by atoms with Crippen LogP contribution >= 0.6 is 0 Å². The van der Waals surface area contributed by atoms with Gasteiger partial charge in [0.05, 0.1) is 17.4 Å². The first kappa shape index (κ1) is 11.5. The Labute approximate surface area is 85.2 Å².